The summed E-state index contributed by atoms with van der Waals surface area (Å²) in [7, 11) is 0. The van der Waals surface area contributed by atoms with Crippen LogP contribution in [0.1, 0.15) is 75.1 Å². The summed E-state index contributed by atoms with van der Waals surface area (Å²) in [5.74, 6) is 0.580. The van der Waals surface area contributed by atoms with Crippen LogP contribution in [0, 0.1) is 10.1 Å². The molecule has 0 atom stereocenters. The molecule has 0 saturated heterocycles. The maximum Gasteiger partial charge on any atom is 0.280 e. The average Bonchev–Trinajstić information content (AvgIpc) is 2.72. The minimum Gasteiger partial charge on any atom is -0.494 e. The van der Waals surface area contributed by atoms with E-state index in [-0.39, 0.29) is 17.2 Å². The molecule has 0 aliphatic heterocycles. The zero-order valence-corrected chi connectivity index (χ0v) is 16.6. The lowest BCUT2D eigenvalue weighted by atomic mass is 9.93. The second-order valence-electron chi connectivity index (χ2n) is 7.28. The van der Waals surface area contributed by atoms with Crippen LogP contribution in [0.2, 0.25) is 0 Å². The predicted molar refractivity (Wildman–Crippen MR) is 107 cm³/mol. The second kappa shape index (κ2) is 11.4. The maximum absolute atomic E-state index is 12.7. The van der Waals surface area contributed by atoms with Gasteiger partial charge in [-0.3, -0.25) is 19.7 Å². The smallest absolute Gasteiger partial charge is 0.280 e. The maximum atomic E-state index is 12.7. The van der Waals surface area contributed by atoms with Crippen LogP contribution in [0.5, 0.6) is 5.75 Å². The van der Waals surface area contributed by atoms with Crippen molar-refractivity contribution in [1.82, 2.24) is 4.90 Å². The highest BCUT2D eigenvalue weighted by atomic mass is 16.6. The largest absolute Gasteiger partial charge is 0.494 e. The molecule has 0 N–H and O–H groups in total. The van der Waals surface area contributed by atoms with Crippen LogP contribution in [0.25, 0.3) is 0 Å². The highest BCUT2D eigenvalue weighted by Crippen LogP contribution is 2.25. The Bertz CT molecular complexity index is 671. The molecular formula is C21H30N2O5. The van der Waals surface area contributed by atoms with Crippen molar-refractivity contribution in [3.05, 3.63) is 33.9 Å². The summed E-state index contributed by atoms with van der Waals surface area (Å²) >= 11 is 0. The SMILES string of the molecule is CCCCN(C(=O)CCCOc1ccc([N+](=O)[O-])c(C=O)c1)C1CCCCC1. The Balaban J connectivity index is 1.84. The first-order valence-corrected chi connectivity index (χ1v) is 10.2. The van der Waals surface area contributed by atoms with E-state index < -0.39 is 4.92 Å². The minimum absolute atomic E-state index is 0.0124. The van der Waals surface area contributed by atoms with E-state index in [1.54, 1.807) is 0 Å². The molecule has 1 aliphatic rings. The average molecular weight is 390 g/mol. The van der Waals surface area contributed by atoms with Crippen molar-refractivity contribution in [3.63, 3.8) is 0 Å². The summed E-state index contributed by atoms with van der Waals surface area (Å²) in [6, 6.07) is 4.48. The lowest BCUT2D eigenvalue weighted by Crippen LogP contribution is -2.42. The van der Waals surface area contributed by atoms with Crippen LogP contribution < -0.4 is 4.74 Å². The van der Waals surface area contributed by atoms with Gasteiger partial charge in [0, 0.05) is 25.1 Å². The van der Waals surface area contributed by atoms with Gasteiger partial charge in [0.25, 0.3) is 5.69 Å². The number of amides is 1. The molecule has 1 aromatic rings. The lowest BCUT2D eigenvalue weighted by Gasteiger charge is -2.34. The van der Waals surface area contributed by atoms with Gasteiger partial charge in [-0.25, -0.2) is 0 Å². The molecule has 1 saturated carbocycles. The molecule has 7 nitrogen and oxygen atoms in total. The van der Waals surface area contributed by atoms with Crippen molar-refractivity contribution < 1.29 is 19.2 Å². The summed E-state index contributed by atoms with van der Waals surface area (Å²) in [6.07, 6.45) is 9.39. The number of nitro benzene ring substituents is 1. The number of hydrogen-bond acceptors (Lipinski definition) is 5. The van der Waals surface area contributed by atoms with Crippen molar-refractivity contribution in [1.29, 1.82) is 0 Å². The van der Waals surface area contributed by atoms with E-state index in [0.717, 1.165) is 32.2 Å². The number of nitrogens with zero attached hydrogens (tertiary/aromatic N) is 2. The van der Waals surface area contributed by atoms with Crippen LogP contribution in [0.4, 0.5) is 5.69 Å². The third kappa shape index (κ3) is 6.32. The van der Waals surface area contributed by atoms with Gasteiger partial charge in [0.15, 0.2) is 6.29 Å². The quantitative estimate of drug-likeness (QED) is 0.240. The number of carbonyl (C=O) groups is 2. The van der Waals surface area contributed by atoms with E-state index in [1.165, 1.54) is 37.5 Å². The number of benzene rings is 1. The number of carbonyl (C=O) groups excluding carboxylic acids is 2. The molecule has 0 radical (unpaired) electrons. The van der Waals surface area contributed by atoms with Gasteiger partial charge < -0.3 is 9.64 Å². The fraction of sp³-hybridized carbons (Fsp3) is 0.619. The molecule has 28 heavy (non-hydrogen) atoms. The van der Waals surface area contributed by atoms with E-state index in [0.29, 0.717) is 37.5 Å². The molecule has 1 aromatic carbocycles. The zero-order valence-electron chi connectivity index (χ0n) is 16.6. The normalized spacial score (nSPS) is 14.5. The van der Waals surface area contributed by atoms with Gasteiger partial charge in [0.1, 0.15) is 5.75 Å². The summed E-state index contributed by atoms with van der Waals surface area (Å²) in [5, 5.41) is 10.9. The Hall–Kier alpha value is -2.44. The van der Waals surface area contributed by atoms with Gasteiger partial charge in [0.05, 0.1) is 17.1 Å². The van der Waals surface area contributed by atoms with E-state index >= 15 is 0 Å². The number of hydrogen-bond donors (Lipinski definition) is 0. The number of nitro groups is 1. The molecule has 2 rings (SSSR count). The monoisotopic (exact) mass is 390 g/mol. The summed E-state index contributed by atoms with van der Waals surface area (Å²) in [5.41, 5.74) is -0.252. The Kier molecular flexibility index (Phi) is 8.91. The fourth-order valence-electron chi connectivity index (χ4n) is 3.67. The van der Waals surface area contributed by atoms with Crippen molar-refractivity contribution in [3.8, 4) is 5.75 Å². The fourth-order valence-corrected chi connectivity index (χ4v) is 3.67. The first-order chi connectivity index (χ1) is 13.6. The summed E-state index contributed by atoms with van der Waals surface area (Å²) in [4.78, 5) is 36.1. The van der Waals surface area contributed by atoms with Gasteiger partial charge in [-0.15, -0.1) is 0 Å². The zero-order chi connectivity index (χ0) is 20.4. The number of rotatable bonds is 11. The Labute approximate surface area is 166 Å². The minimum atomic E-state index is -0.595. The van der Waals surface area contributed by atoms with E-state index in [1.807, 2.05) is 0 Å². The van der Waals surface area contributed by atoms with Crippen LogP contribution in [-0.2, 0) is 4.79 Å². The topological polar surface area (TPSA) is 89.8 Å². The molecule has 1 aliphatic carbocycles. The van der Waals surface area contributed by atoms with Gasteiger partial charge >= 0.3 is 0 Å². The van der Waals surface area contributed by atoms with Gasteiger partial charge in [-0.1, -0.05) is 32.6 Å². The third-order valence-corrected chi connectivity index (χ3v) is 5.21. The second-order valence-corrected chi connectivity index (χ2v) is 7.28. The van der Waals surface area contributed by atoms with Crippen molar-refractivity contribution in [2.24, 2.45) is 0 Å². The van der Waals surface area contributed by atoms with E-state index in [2.05, 4.69) is 11.8 Å². The number of ether oxygens (including phenoxy) is 1. The molecule has 0 bridgehead atoms. The molecule has 0 spiro atoms. The van der Waals surface area contributed by atoms with Crippen LogP contribution in [0.3, 0.4) is 0 Å². The highest BCUT2D eigenvalue weighted by molar-refractivity contribution is 5.82. The number of unbranched alkanes of at least 4 members (excludes halogenated alkanes) is 1. The molecular weight excluding hydrogens is 360 g/mol. The van der Waals surface area contributed by atoms with Crippen molar-refractivity contribution >= 4 is 17.9 Å². The standard InChI is InChI=1S/C21H30N2O5/c1-2-3-13-22(18-8-5-4-6-9-18)21(25)10-7-14-28-19-11-12-20(23(26)27)17(15-19)16-24/h11-12,15-16,18H,2-10,13-14H2,1H3. The van der Waals surface area contributed by atoms with Crippen LogP contribution >= 0.6 is 0 Å². The number of aldehydes is 1. The molecule has 1 fully saturated rings. The highest BCUT2D eigenvalue weighted by Gasteiger charge is 2.24. The molecule has 154 valence electrons. The van der Waals surface area contributed by atoms with E-state index in [9.17, 15) is 19.7 Å². The third-order valence-electron chi connectivity index (χ3n) is 5.21. The molecule has 0 aromatic heterocycles. The van der Waals surface area contributed by atoms with Crippen LogP contribution in [-0.4, -0.2) is 41.2 Å². The van der Waals surface area contributed by atoms with Gasteiger partial charge in [-0.05, 0) is 37.8 Å². The van der Waals surface area contributed by atoms with Gasteiger partial charge in [0.2, 0.25) is 5.91 Å². The summed E-state index contributed by atoms with van der Waals surface area (Å²) in [6.45, 7) is 3.29. The van der Waals surface area contributed by atoms with Crippen molar-refractivity contribution in [2.45, 2.75) is 70.8 Å². The van der Waals surface area contributed by atoms with Crippen molar-refractivity contribution in [2.75, 3.05) is 13.2 Å². The van der Waals surface area contributed by atoms with Crippen LogP contribution in [0.15, 0.2) is 18.2 Å². The Morgan fingerprint density at radius 1 is 1.29 bits per heavy atom. The van der Waals surface area contributed by atoms with Gasteiger partial charge in [-0.2, -0.15) is 0 Å². The molecule has 0 unspecified atom stereocenters. The molecule has 0 heterocycles. The first-order valence-electron chi connectivity index (χ1n) is 10.2. The molecule has 7 heteroatoms. The Morgan fingerprint density at radius 2 is 2.04 bits per heavy atom. The predicted octanol–water partition coefficient (Wildman–Crippen LogP) is 4.53. The first kappa shape index (κ1) is 21.9. The lowest BCUT2D eigenvalue weighted by molar-refractivity contribution is -0.385. The molecule has 1 amide bonds. The Morgan fingerprint density at radius 3 is 2.68 bits per heavy atom. The summed E-state index contributed by atoms with van der Waals surface area (Å²) < 4.78 is 5.59. The van der Waals surface area contributed by atoms with E-state index in [4.69, 9.17) is 4.74 Å².